The first-order valence-corrected chi connectivity index (χ1v) is 9.15. The normalized spacial score (nSPS) is 17.2. The van der Waals surface area contributed by atoms with Gasteiger partial charge in [0, 0.05) is 25.3 Å². The van der Waals surface area contributed by atoms with Crippen molar-refractivity contribution in [2.24, 2.45) is 0 Å². The number of nitrogens with one attached hydrogen (secondary N) is 1. The van der Waals surface area contributed by atoms with Crippen LogP contribution in [0.4, 0.5) is 10.1 Å². The second kappa shape index (κ2) is 9.03. The predicted molar refractivity (Wildman–Crippen MR) is 95.6 cm³/mol. The van der Waals surface area contributed by atoms with Gasteiger partial charge in [0.15, 0.2) is 0 Å². The smallest absolute Gasteiger partial charge is 0.235 e. The summed E-state index contributed by atoms with van der Waals surface area (Å²) in [5.74, 6) is -0.255. The zero-order valence-corrected chi connectivity index (χ0v) is 14.9. The topological polar surface area (TPSA) is 52.7 Å². The zero-order chi connectivity index (χ0) is 17.5. The van der Waals surface area contributed by atoms with E-state index in [0.717, 1.165) is 32.6 Å². The first-order valence-electron chi connectivity index (χ1n) is 8.10. The van der Waals surface area contributed by atoms with E-state index in [1.54, 1.807) is 0 Å². The number of hydrogen-bond acceptors (Lipinski definition) is 4. The highest BCUT2D eigenvalue weighted by atomic mass is 32.2. The van der Waals surface area contributed by atoms with Crippen LogP contribution in [0.25, 0.3) is 0 Å². The van der Waals surface area contributed by atoms with Crippen LogP contribution >= 0.6 is 11.8 Å². The Hall–Kier alpha value is -1.60. The lowest BCUT2D eigenvalue weighted by Gasteiger charge is -2.23. The molecule has 0 saturated carbocycles. The SMILES string of the molecule is CC(SCC(=O)Nc1ccc(F)cc1)C(=O)N1CCCN(C)CC1. The minimum atomic E-state index is -0.343. The van der Waals surface area contributed by atoms with Crippen molar-refractivity contribution < 1.29 is 14.0 Å². The molecule has 0 aliphatic carbocycles. The number of benzene rings is 1. The number of amides is 2. The molecule has 1 aliphatic rings. The Morgan fingerprint density at radius 3 is 2.62 bits per heavy atom. The minimum absolute atomic E-state index is 0.0879. The summed E-state index contributed by atoms with van der Waals surface area (Å²) in [5.41, 5.74) is 0.552. The van der Waals surface area contributed by atoms with Crippen molar-refractivity contribution >= 4 is 29.3 Å². The monoisotopic (exact) mass is 353 g/mol. The van der Waals surface area contributed by atoms with Crippen molar-refractivity contribution in [3.63, 3.8) is 0 Å². The van der Waals surface area contributed by atoms with Crippen molar-refractivity contribution in [2.75, 3.05) is 44.3 Å². The molecular weight excluding hydrogens is 329 g/mol. The van der Waals surface area contributed by atoms with Gasteiger partial charge in [-0.05, 0) is 51.2 Å². The highest BCUT2D eigenvalue weighted by Gasteiger charge is 2.23. The van der Waals surface area contributed by atoms with Gasteiger partial charge in [-0.3, -0.25) is 9.59 Å². The van der Waals surface area contributed by atoms with Crippen molar-refractivity contribution in [2.45, 2.75) is 18.6 Å². The molecule has 1 heterocycles. The molecule has 5 nitrogen and oxygen atoms in total. The largest absolute Gasteiger partial charge is 0.340 e. The molecule has 7 heteroatoms. The molecule has 1 unspecified atom stereocenters. The number of carbonyl (C=O) groups is 2. The molecule has 2 rings (SSSR count). The summed E-state index contributed by atoms with van der Waals surface area (Å²) >= 11 is 1.33. The fraction of sp³-hybridized carbons (Fsp3) is 0.529. The lowest BCUT2D eigenvalue weighted by atomic mass is 10.3. The van der Waals surface area contributed by atoms with Crippen LogP contribution in [-0.4, -0.2) is 65.8 Å². The van der Waals surface area contributed by atoms with Crippen molar-refractivity contribution in [3.05, 3.63) is 30.1 Å². The number of nitrogens with zero attached hydrogens (tertiary/aromatic N) is 2. The Kier molecular flexibility index (Phi) is 7.05. The Balaban J connectivity index is 1.76. The zero-order valence-electron chi connectivity index (χ0n) is 14.1. The van der Waals surface area contributed by atoms with Gasteiger partial charge in [-0.1, -0.05) is 0 Å². The molecule has 0 radical (unpaired) electrons. The van der Waals surface area contributed by atoms with Crippen LogP contribution in [0.2, 0.25) is 0 Å². The van der Waals surface area contributed by atoms with Crippen molar-refractivity contribution in [1.82, 2.24) is 9.80 Å². The standard InChI is InChI=1S/C17H24FN3O2S/c1-13(17(23)21-9-3-8-20(2)10-11-21)24-12-16(22)19-15-6-4-14(18)5-7-15/h4-7,13H,3,8-12H2,1-2H3,(H,19,22). The highest BCUT2D eigenvalue weighted by molar-refractivity contribution is 8.01. The number of likely N-dealkylation sites (N-methyl/N-ethyl adjacent to an activating group) is 1. The van der Waals surface area contributed by atoms with Crippen LogP contribution in [0, 0.1) is 5.82 Å². The number of anilines is 1. The maximum Gasteiger partial charge on any atom is 0.235 e. The first-order chi connectivity index (χ1) is 11.5. The third kappa shape index (κ3) is 5.79. The van der Waals surface area contributed by atoms with Gasteiger partial charge in [0.2, 0.25) is 11.8 Å². The lowest BCUT2D eigenvalue weighted by Crippen LogP contribution is -2.39. The molecule has 24 heavy (non-hydrogen) atoms. The van der Waals surface area contributed by atoms with Crippen LogP contribution in [-0.2, 0) is 9.59 Å². The molecule has 1 aromatic rings. The second-order valence-electron chi connectivity index (χ2n) is 5.99. The average Bonchev–Trinajstić information content (AvgIpc) is 2.78. The summed E-state index contributed by atoms with van der Waals surface area (Å²) in [4.78, 5) is 28.5. The number of hydrogen-bond donors (Lipinski definition) is 1. The van der Waals surface area contributed by atoms with Crippen LogP contribution in [0.15, 0.2) is 24.3 Å². The maximum atomic E-state index is 12.8. The molecule has 1 aliphatic heterocycles. The minimum Gasteiger partial charge on any atom is -0.340 e. The lowest BCUT2D eigenvalue weighted by molar-refractivity contribution is -0.130. The number of carbonyl (C=O) groups excluding carboxylic acids is 2. The molecule has 1 atom stereocenters. The van der Waals surface area contributed by atoms with E-state index in [2.05, 4.69) is 17.3 Å². The summed E-state index contributed by atoms with van der Waals surface area (Å²) in [6, 6.07) is 5.62. The van der Waals surface area contributed by atoms with Gasteiger partial charge in [0.25, 0.3) is 0 Å². The van der Waals surface area contributed by atoms with E-state index in [-0.39, 0.29) is 28.6 Å². The average molecular weight is 353 g/mol. The molecule has 1 aromatic carbocycles. The Bertz CT molecular complexity index is 567. The van der Waals surface area contributed by atoms with E-state index < -0.39 is 0 Å². The molecule has 0 bridgehead atoms. The molecule has 1 saturated heterocycles. The quantitative estimate of drug-likeness (QED) is 0.880. The van der Waals surface area contributed by atoms with E-state index >= 15 is 0 Å². The number of rotatable bonds is 5. The molecule has 0 spiro atoms. The molecule has 132 valence electrons. The number of thioether (sulfide) groups is 1. The Morgan fingerprint density at radius 2 is 1.92 bits per heavy atom. The van der Waals surface area contributed by atoms with Gasteiger partial charge < -0.3 is 15.1 Å². The van der Waals surface area contributed by atoms with Gasteiger partial charge >= 0.3 is 0 Å². The van der Waals surface area contributed by atoms with Gasteiger partial charge in [0.05, 0.1) is 11.0 Å². The van der Waals surface area contributed by atoms with E-state index in [4.69, 9.17) is 0 Å². The van der Waals surface area contributed by atoms with Crippen LogP contribution < -0.4 is 5.32 Å². The number of halogens is 1. The van der Waals surface area contributed by atoms with E-state index in [9.17, 15) is 14.0 Å². The summed E-state index contributed by atoms with van der Waals surface area (Å²) in [7, 11) is 2.06. The molecule has 2 amide bonds. The summed E-state index contributed by atoms with van der Waals surface area (Å²) < 4.78 is 12.8. The highest BCUT2D eigenvalue weighted by Crippen LogP contribution is 2.16. The van der Waals surface area contributed by atoms with Gasteiger partial charge in [-0.2, -0.15) is 0 Å². The maximum absolute atomic E-state index is 12.8. The van der Waals surface area contributed by atoms with E-state index in [1.807, 2.05) is 11.8 Å². The molecule has 1 N–H and O–H groups in total. The van der Waals surface area contributed by atoms with Crippen molar-refractivity contribution in [3.8, 4) is 0 Å². The second-order valence-corrected chi connectivity index (χ2v) is 7.32. The van der Waals surface area contributed by atoms with Gasteiger partial charge in [0.1, 0.15) is 5.82 Å². The fourth-order valence-corrected chi connectivity index (χ4v) is 3.29. The van der Waals surface area contributed by atoms with Gasteiger partial charge in [-0.25, -0.2) is 4.39 Å². The molecule has 1 fully saturated rings. The van der Waals surface area contributed by atoms with Crippen LogP contribution in [0.3, 0.4) is 0 Å². The first kappa shape index (κ1) is 18.7. The summed E-state index contributed by atoms with van der Waals surface area (Å²) in [5, 5.41) is 2.44. The van der Waals surface area contributed by atoms with Crippen molar-refractivity contribution in [1.29, 1.82) is 0 Å². The Labute approximate surface area is 146 Å². The summed E-state index contributed by atoms with van der Waals surface area (Å²) in [6.45, 7) is 5.24. The van der Waals surface area contributed by atoms with Crippen LogP contribution in [0.5, 0.6) is 0 Å². The third-order valence-corrected chi connectivity index (χ3v) is 5.10. The molecule has 0 aromatic heterocycles. The Morgan fingerprint density at radius 1 is 1.21 bits per heavy atom. The van der Waals surface area contributed by atoms with E-state index in [0.29, 0.717) is 5.69 Å². The van der Waals surface area contributed by atoms with Crippen LogP contribution in [0.1, 0.15) is 13.3 Å². The summed E-state index contributed by atoms with van der Waals surface area (Å²) in [6.07, 6.45) is 0.977. The van der Waals surface area contributed by atoms with Gasteiger partial charge in [-0.15, -0.1) is 11.8 Å². The predicted octanol–water partition coefficient (Wildman–Crippen LogP) is 2.05. The van der Waals surface area contributed by atoms with E-state index in [1.165, 1.54) is 36.0 Å². The fourth-order valence-electron chi connectivity index (χ4n) is 2.53. The third-order valence-electron chi connectivity index (χ3n) is 3.97. The molecular formula is C17H24FN3O2S.